The van der Waals surface area contributed by atoms with Crippen LogP contribution in [0.1, 0.15) is 57.8 Å². The third kappa shape index (κ3) is 4.03. The molecule has 0 amide bonds. The van der Waals surface area contributed by atoms with Gasteiger partial charge in [0.1, 0.15) is 0 Å². The molecule has 2 saturated carbocycles. The van der Waals surface area contributed by atoms with Crippen LogP contribution in [0.3, 0.4) is 0 Å². The summed E-state index contributed by atoms with van der Waals surface area (Å²) in [5, 5.41) is 3.76. The van der Waals surface area contributed by atoms with Gasteiger partial charge in [0.2, 0.25) is 0 Å². The molecule has 0 bridgehead atoms. The summed E-state index contributed by atoms with van der Waals surface area (Å²) in [5.74, 6) is 0.713. The normalized spacial score (nSPS) is 38.1. The number of nitrogens with zero attached hydrogens (tertiary/aromatic N) is 1. The van der Waals surface area contributed by atoms with E-state index in [1.165, 1.54) is 57.1 Å². The van der Waals surface area contributed by atoms with Crippen LogP contribution in [0.5, 0.6) is 0 Å². The van der Waals surface area contributed by atoms with E-state index in [1.54, 1.807) is 0 Å². The first-order chi connectivity index (χ1) is 10.6. The molecule has 3 aliphatic rings. The molecule has 2 aliphatic carbocycles. The first-order valence-electron chi connectivity index (χ1n) is 9.32. The summed E-state index contributed by atoms with van der Waals surface area (Å²) in [6.07, 6.45) is 11.6. The van der Waals surface area contributed by atoms with Crippen molar-refractivity contribution in [3.8, 4) is 0 Å². The van der Waals surface area contributed by atoms with Crippen LogP contribution in [0.25, 0.3) is 0 Å². The van der Waals surface area contributed by atoms with E-state index < -0.39 is 0 Å². The SMILES string of the molecule is C=C(NC1CCC(N2CC(N)CC(N)C2)C1)C1CCCCC1. The molecule has 0 aromatic rings. The van der Waals surface area contributed by atoms with E-state index in [4.69, 9.17) is 11.5 Å². The third-order valence-corrected chi connectivity index (χ3v) is 5.95. The van der Waals surface area contributed by atoms with Gasteiger partial charge in [-0.1, -0.05) is 25.8 Å². The monoisotopic (exact) mass is 306 g/mol. The van der Waals surface area contributed by atoms with Crippen LogP contribution in [-0.2, 0) is 0 Å². The number of hydrogen-bond donors (Lipinski definition) is 3. The minimum Gasteiger partial charge on any atom is -0.386 e. The molecule has 3 rings (SSSR count). The van der Waals surface area contributed by atoms with Crippen LogP contribution < -0.4 is 16.8 Å². The van der Waals surface area contributed by atoms with Crippen molar-refractivity contribution in [1.29, 1.82) is 0 Å². The maximum atomic E-state index is 6.14. The van der Waals surface area contributed by atoms with Crippen molar-refractivity contribution >= 4 is 0 Å². The summed E-state index contributed by atoms with van der Waals surface area (Å²) in [5.41, 5.74) is 13.6. The molecule has 1 saturated heterocycles. The molecule has 22 heavy (non-hydrogen) atoms. The number of likely N-dealkylation sites (tertiary alicyclic amines) is 1. The van der Waals surface area contributed by atoms with E-state index in [1.807, 2.05) is 0 Å². The van der Waals surface area contributed by atoms with Gasteiger partial charge in [0.25, 0.3) is 0 Å². The fraction of sp³-hybridized carbons (Fsp3) is 0.889. The van der Waals surface area contributed by atoms with Gasteiger partial charge < -0.3 is 16.8 Å². The maximum Gasteiger partial charge on any atom is 0.0273 e. The van der Waals surface area contributed by atoms with Gasteiger partial charge in [0.05, 0.1) is 0 Å². The summed E-state index contributed by atoms with van der Waals surface area (Å²) in [7, 11) is 0. The highest BCUT2D eigenvalue weighted by Crippen LogP contribution is 2.31. The third-order valence-electron chi connectivity index (χ3n) is 5.95. The van der Waals surface area contributed by atoms with E-state index in [-0.39, 0.29) is 12.1 Å². The standard InChI is InChI=1S/C18H34N4/c1-13(14-5-3-2-4-6-14)21-17-7-8-18(10-17)22-11-15(19)9-16(20)12-22/h14-18,21H,1-12,19-20H2. The largest absolute Gasteiger partial charge is 0.386 e. The zero-order valence-electron chi connectivity index (χ0n) is 14.0. The average Bonchev–Trinajstić information content (AvgIpc) is 2.96. The van der Waals surface area contributed by atoms with Crippen LogP contribution in [0.4, 0.5) is 0 Å². The van der Waals surface area contributed by atoms with Crippen LogP contribution >= 0.6 is 0 Å². The predicted molar refractivity (Wildman–Crippen MR) is 92.4 cm³/mol. The van der Waals surface area contributed by atoms with Gasteiger partial charge in [-0.2, -0.15) is 0 Å². The Bertz CT molecular complexity index is 367. The van der Waals surface area contributed by atoms with E-state index in [0.29, 0.717) is 18.0 Å². The predicted octanol–water partition coefficient (Wildman–Crippen LogP) is 1.95. The summed E-state index contributed by atoms with van der Waals surface area (Å²) < 4.78 is 0. The lowest BCUT2D eigenvalue weighted by Crippen LogP contribution is -2.55. The molecule has 0 spiro atoms. The average molecular weight is 306 g/mol. The summed E-state index contributed by atoms with van der Waals surface area (Å²) in [4.78, 5) is 2.55. The van der Waals surface area contributed by atoms with Crippen molar-refractivity contribution in [2.24, 2.45) is 17.4 Å². The Labute approximate surface area is 135 Å². The first-order valence-corrected chi connectivity index (χ1v) is 9.32. The lowest BCUT2D eigenvalue weighted by atomic mass is 9.87. The van der Waals surface area contributed by atoms with Gasteiger partial charge in [-0.25, -0.2) is 0 Å². The number of allylic oxidation sites excluding steroid dienone is 1. The highest BCUT2D eigenvalue weighted by atomic mass is 15.2. The Morgan fingerprint density at radius 3 is 2.27 bits per heavy atom. The zero-order chi connectivity index (χ0) is 15.5. The van der Waals surface area contributed by atoms with Crippen molar-refractivity contribution in [3.63, 3.8) is 0 Å². The molecule has 3 fully saturated rings. The van der Waals surface area contributed by atoms with Crippen molar-refractivity contribution in [2.75, 3.05) is 13.1 Å². The molecule has 0 radical (unpaired) electrons. The second kappa shape index (κ2) is 7.33. The Balaban J connectivity index is 1.46. The number of nitrogens with one attached hydrogen (secondary N) is 1. The van der Waals surface area contributed by atoms with Crippen molar-refractivity contribution in [2.45, 2.75) is 82.0 Å². The zero-order valence-corrected chi connectivity index (χ0v) is 14.0. The van der Waals surface area contributed by atoms with Crippen molar-refractivity contribution in [1.82, 2.24) is 10.2 Å². The molecule has 4 heteroatoms. The van der Waals surface area contributed by atoms with Gasteiger partial charge in [-0.15, -0.1) is 0 Å². The highest BCUT2D eigenvalue weighted by molar-refractivity contribution is 5.03. The highest BCUT2D eigenvalue weighted by Gasteiger charge is 2.34. The molecule has 0 aromatic carbocycles. The molecular weight excluding hydrogens is 272 g/mol. The minimum atomic E-state index is 0.257. The first kappa shape index (κ1) is 16.3. The van der Waals surface area contributed by atoms with Gasteiger partial charge >= 0.3 is 0 Å². The number of nitrogens with two attached hydrogens (primary N) is 2. The topological polar surface area (TPSA) is 67.3 Å². The van der Waals surface area contributed by atoms with Gasteiger partial charge in [0.15, 0.2) is 0 Å². The molecule has 126 valence electrons. The fourth-order valence-electron chi connectivity index (χ4n) is 4.76. The number of piperidine rings is 1. The Morgan fingerprint density at radius 2 is 1.59 bits per heavy atom. The summed E-state index contributed by atoms with van der Waals surface area (Å²) >= 11 is 0. The number of rotatable bonds is 4. The smallest absolute Gasteiger partial charge is 0.0273 e. The van der Waals surface area contributed by atoms with Crippen LogP contribution in [0.2, 0.25) is 0 Å². The lowest BCUT2D eigenvalue weighted by Gasteiger charge is -2.38. The van der Waals surface area contributed by atoms with E-state index in [0.717, 1.165) is 19.5 Å². The molecule has 4 unspecified atom stereocenters. The van der Waals surface area contributed by atoms with Crippen LogP contribution in [0.15, 0.2) is 12.3 Å². The van der Waals surface area contributed by atoms with Gasteiger partial charge in [0, 0.05) is 43.0 Å². The summed E-state index contributed by atoms with van der Waals surface area (Å²) in [6.45, 7) is 6.38. The Hall–Kier alpha value is -0.580. The van der Waals surface area contributed by atoms with E-state index in [9.17, 15) is 0 Å². The minimum absolute atomic E-state index is 0.257. The van der Waals surface area contributed by atoms with Gasteiger partial charge in [-0.3, -0.25) is 4.90 Å². The fourth-order valence-corrected chi connectivity index (χ4v) is 4.76. The van der Waals surface area contributed by atoms with E-state index >= 15 is 0 Å². The molecule has 4 nitrogen and oxygen atoms in total. The maximum absolute atomic E-state index is 6.14. The van der Waals surface area contributed by atoms with Crippen molar-refractivity contribution in [3.05, 3.63) is 12.3 Å². The Kier molecular flexibility index (Phi) is 5.42. The van der Waals surface area contributed by atoms with Crippen LogP contribution in [-0.4, -0.2) is 42.2 Å². The van der Waals surface area contributed by atoms with Gasteiger partial charge in [-0.05, 0) is 44.4 Å². The number of hydrogen-bond acceptors (Lipinski definition) is 4. The van der Waals surface area contributed by atoms with Crippen LogP contribution in [0, 0.1) is 5.92 Å². The van der Waals surface area contributed by atoms with E-state index in [2.05, 4.69) is 16.8 Å². The second-order valence-corrected chi connectivity index (χ2v) is 7.88. The lowest BCUT2D eigenvalue weighted by molar-refractivity contribution is 0.136. The molecule has 1 heterocycles. The molecule has 5 N–H and O–H groups in total. The molecule has 1 aliphatic heterocycles. The molecule has 4 atom stereocenters. The Morgan fingerprint density at radius 1 is 0.909 bits per heavy atom. The van der Waals surface area contributed by atoms with Crippen molar-refractivity contribution < 1.29 is 0 Å². The molecular formula is C18H34N4. The summed E-state index contributed by atoms with van der Waals surface area (Å²) in [6, 6.07) is 1.78. The second-order valence-electron chi connectivity index (χ2n) is 7.88. The molecule has 0 aromatic heterocycles. The quantitative estimate of drug-likeness (QED) is 0.743.